The highest BCUT2D eigenvalue weighted by Gasteiger charge is 2.18. The van der Waals surface area contributed by atoms with Crippen LogP contribution in [0.4, 0.5) is 13.8 Å². The van der Waals surface area contributed by atoms with Crippen LogP contribution in [0.1, 0.15) is 0 Å². The molecule has 0 radical (unpaired) electrons. The molecule has 2 aromatic carbocycles. The molecule has 0 aliphatic heterocycles. The van der Waals surface area contributed by atoms with Crippen molar-refractivity contribution >= 4 is 26.4 Å². The largest absolute Gasteiger partial charge is 0.268 e. The number of rotatable bonds is 4. The van der Waals surface area contributed by atoms with Crippen molar-refractivity contribution < 1.29 is 17.2 Å². The Hall–Kier alpha value is -2.32. The van der Waals surface area contributed by atoms with E-state index in [1.165, 1.54) is 41.9 Å². The minimum atomic E-state index is -3.86. The molecule has 3 aromatic rings. The third kappa shape index (κ3) is 3.38. The lowest BCUT2D eigenvalue weighted by atomic mass is 10.2. The van der Waals surface area contributed by atoms with Gasteiger partial charge in [-0.1, -0.05) is 0 Å². The zero-order valence-electron chi connectivity index (χ0n) is 11.5. The number of thiazole rings is 1. The first-order valence-corrected chi connectivity index (χ1v) is 8.80. The maximum atomic E-state index is 13.0. The number of nitrogens with zero attached hydrogens (tertiary/aromatic N) is 1. The predicted octanol–water partition coefficient (Wildman–Crippen LogP) is 3.89. The lowest BCUT2D eigenvalue weighted by molar-refractivity contribution is 0.599. The van der Waals surface area contributed by atoms with Crippen LogP contribution in [0.3, 0.4) is 0 Å². The predicted molar refractivity (Wildman–Crippen MR) is 84.7 cm³/mol. The van der Waals surface area contributed by atoms with Gasteiger partial charge in [-0.3, -0.25) is 4.72 Å². The van der Waals surface area contributed by atoms with Gasteiger partial charge in [0.05, 0.1) is 10.4 Å². The molecule has 8 heteroatoms. The quantitative estimate of drug-likeness (QED) is 0.775. The molecule has 0 saturated heterocycles. The van der Waals surface area contributed by atoms with Gasteiger partial charge in [0.2, 0.25) is 0 Å². The second-order valence-corrected chi connectivity index (χ2v) is 7.13. The number of hydrogen-bond donors (Lipinski definition) is 1. The standard InChI is InChI=1S/C15H10F2N2O2S2/c16-11-3-1-10(2-4-11)14-15(22-9-18-14)19-23(20,21)13-7-5-12(17)6-8-13/h1-9,19H. The molecule has 1 N–H and O–H groups in total. The van der Waals surface area contributed by atoms with Crippen LogP contribution < -0.4 is 4.72 Å². The summed E-state index contributed by atoms with van der Waals surface area (Å²) in [5.41, 5.74) is 2.48. The summed E-state index contributed by atoms with van der Waals surface area (Å²) in [5, 5.41) is 0.306. The van der Waals surface area contributed by atoms with E-state index in [0.29, 0.717) is 16.3 Å². The molecular weight excluding hydrogens is 342 g/mol. The molecule has 0 unspecified atom stereocenters. The molecule has 0 bridgehead atoms. The van der Waals surface area contributed by atoms with E-state index >= 15 is 0 Å². The molecule has 0 saturated carbocycles. The third-order valence-corrected chi connectivity index (χ3v) is 5.27. The minimum Gasteiger partial charge on any atom is -0.268 e. The molecule has 1 aromatic heterocycles. The number of nitrogens with one attached hydrogen (secondary N) is 1. The third-order valence-electron chi connectivity index (χ3n) is 3.04. The van der Waals surface area contributed by atoms with E-state index in [9.17, 15) is 17.2 Å². The summed E-state index contributed by atoms with van der Waals surface area (Å²) in [6.45, 7) is 0. The van der Waals surface area contributed by atoms with Crippen LogP contribution in [-0.4, -0.2) is 13.4 Å². The Morgan fingerprint density at radius 3 is 2.09 bits per heavy atom. The highest BCUT2D eigenvalue weighted by atomic mass is 32.2. The van der Waals surface area contributed by atoms with Gasteiger partial charge in [0, 0.05) is 5.56 Å². The topological polar surface area (TPSA) is 59.1 Å². The van der Waals surface area contributed by atoms with Crippen LogP contribution in [0.25, 0.3) is 11.3 Å². The Morgan fingerprint density at radius 2 is 1.48 bits per heavy atom. The van der Waals surface area contributed by atoms with Gasteiger partial charge >= 0.3 is 0 Å². The van der Waals surface area contributed by atoms with Gasteiger partial charge in [-0.2, -0.15) is 0 Å². The summed E-state index contributed by atoms with van der Waals surface area (Å²) in [6, 6.07) is 10.1. The Kier molecular flexibility index (Phi) is 4.10. The average Bonchev–Trinajstić information content (AvgIpc) is 2.96. The molecule has 3 rings (SSSR count). The summed E-state index contributed by atoms with van der Waals surface area (Å²) >= 11 is 1.10. The maximum absolute atomic E-state index is 13.0. The first kappa shape index (κ1) is 15.6. The number of anilines is 1. The molecular formula is C15H10F2N2O2S2. The zero-order valence-corrected chi connectivity index (χ0v) is 13.2. The monoisotopic (exact) mass is 352 g/mol. The van der Waals surface area contributed by atoms with Gasteiger partial charge in [-0.05, 0) is 48.5 Å². The van der Waals surface area contributed by atoms with E-state index in [1.54, 1.807) is 0 Å². The van der Waals surface area contributed by atoms with Crippen molar-refractivity contribution in [3.63, 3.8) is 0 Å². The van der Waals surface area contributed by atoms with Gasteiger partial charge in [-0.25, -0.2) is 22.2 Å². The summed E-state index contributed by atoms with van der Waals surface area (Å²) in [6.07, 6.45) is 0. The van der Waals surface area contributed by atoms with Crippen LogP contribution in [0.5, 0.6) is 0 Å². The number of halogens is 2. The highest BCUT2D eigenvalue weighted by molar-refractivity contribution is 7.93. The van der Waals surface area contributed by atoms with E-state index in [-0.39, 0.29) is 4.90 Å². The molecule has 0 spiro atoms. The smallest absolute Gasteiger partial charge is 0.262 e. The number of benzene rings is 2. The molecule has 0 aliphatic rings. The molecule has 0 atom stereocenters. The van der Waals surface area contributed by atoms with Crippen molar-refractivity contribution in [1.29, 1.82) is 0 Å². The summed E-state index contributed by atoms with van der Waals surface area (Å²) in [4.78, 5) is 4.06. The Balaban J connectivity index is 1.93. The molecule has 1 heterocycles. The Morgan fingerprint density at radius 1 is 0.913 bits per heavy atom. The van der Waals surface area contributed by atoms with Gasteiger partial charge in [-0.15, -0.1) is 11.3 Å². The van der Waals surface area contributed by atoms with Crippen molar-refractivity contribution in [1.82, 2.24) is 4.98 Å². The number of hydrogen-bond acceptors (Lipinski definition) is 4. The minimum absolute atomic E-state index is 0.0580. The van der Waals surface area contributed by atoms with Gasteiger partial charge in [0.25, 0.3) is 10.0 Å². The summed E-state index contributed by atoms with van der Waals surface area (Å²) in [5.74, 6) is -0.911. The zero-order chi connectivity index (χ0) is 16.4. The van der Waals surface area contributed by atoms with Crippen molar-refractivity contribution in [2.75, 3.05) is 4.72 Å². The molecule has 0 aliphatic carbocycles. The van der Waals surface area contributed by atoms with Crippen LogP contribution in [-0.2, 0) is 10.0 Å². The van der Waals surface area contributed by atoms with Crippen molar-refractivity contribution in [3.8, 4) is 11.3 Å². The number of aromatic nitrogens is 1. The number of sulfonamides is 1. The van der Waals surface area contributed by atoms with Crippen LogP contribution in [0.15, 0.2) is 58.9 Å². The van der Waals surface area contributed by atoms with Gasteiger partial charge in [0.15, 0.2) is 0 Å². The fourth-order valence-corrected chi connectivity index (χ4v) is 3.95. The molecule has 118 valence electrons. The van der Waals surface area contributed by atoms with Crippen LogP contribution in [0.2, 0.25) is 0 Å². The van der Waals surface area contributed by atoms with E-state index < -0.39 is 21.7 Å². The lowest BCUT2D eigenvalue weighted by Crippen LogP contribution is -2.12. The molecule has 4 nitrogen and oxygen atoms in total. The van der Waals surface area contributed by atoms with Crippen LogP contribution in [0, 0.1) is 11.6 Å². The molecule has 23 heavy (non-hydrogen) atoms. The lowest BCUT2D eigenvalue weighted by Gasteiger charge is -2.08. The first-order chi connectivity index (χ1) is 11.0. The molecule has 0 amide bonds. The summed E-state index contributed by atoms with van der Waals surface area (Å²) in [7, 11) is -3.86. The summed E-state index contributed by atoms with van der Waals surface area (Å²) < 4.78 is 53.0. The fourth-order valence-electron chi connectivity index (χ4n) is 1.93. The van der Waals surface area contributed by atoms with Crippen molar-refractivity contribution in [2.45, 2.75) is 4.90 Å². The fraction of sp³-hybridized carbons (Fsp3) is 0. The first-order valence-electron chi connectivity index (χ1n) is 6.43. The maximum Gasteiger partial charge on any atom is 0.262 e. The second kappa shape index (κ2) is 6.05. The van der Waals surface area contributed by atoms with Crippen LogP contribution >= 0.6 is 11.3 Å². The van der Waals surface area contributed by atoms with E-state index in [1.807, 2.05) is 0 Å². The normalized spacial score (nSPS) is 11.4. The Labute approximate surface area is 135 Å². The van der Waals surface area contributed by atoms with Crippen molar-refractivity contribution in [3.05, 3.63) is 65.7 Å². The SMILES string of the molecule is O=S(=O)(Nc1scnc1-c1ccc(F)cc1)c1ccc(F)cc1. The van der Waals surface area contributed by atoms with E-state index in [0.717, 1.165) is 23.5 Å². The second-order valence-electron chi connectivity index (χ2n) is 4.60. The van der Waals surface area contributed by atoms with Gasteiger partial charge in [0.1, 0.15) is 22.3 Å². The van der Waals surface area contributed by atoms with E-state index in [2.05, 4.69) is 9.71 Å². The molecule has 0 fully saturated rings. The average molecular weight is 352 g/mol. The van der Waals surface area contributed by atoms with Crippen molar-refractivity contribution in [2.24, 2.45) is 0 Å². The van der Waals surface area contributed by atoms with Gasteiger partial charge < -0.3 is 0 Å². The Bertz CT molecular complexity index is 921. The van der Waals surface area contributed by atoms with E-state index in [4.69, 9.17) is 0 Å². The highest BCUT2D eigenvalue weighted by Crippen LogP contribution is 2.32.